The first kappa shape index (κ1) is 18.9. The molecule has 28 heavy (non-hydrogen) atoms. The van der Waals surface area contributed by atoms with Crippen molar-refractivity contribution in [2.75, 3.05) is 20.3 Å². The van der Waals surface area contributed by atoms with Gasteiger partial charge in [-0.25, -0.2) is 0 Å². The number of benzene rings is 2. The molecule has 2 aromatic carbocycles. The summed E-state index contributed by atoms with van der Waals surface area (Å²) in [4.78, 5) is 28.2. The zero-order chi connectivity index (χ0) is 20.0. The molecular formula is C22H20BrNO4. The quantitative estimate of drug-likeness (QED) is 0.603. The number of methoxy groups -OCH3 is 1. The molecule has 5 nitrogen and oxygen atoms in total. The molecule has 1 aromatic heterocycles. The Balaban J connectivity index is 1.98. The second kappa shape index (κ2) is 7.18. The minimum absolute atomic E-state index is 0.129. The summed E-state index contributed by atoms with van der Waals surface area (Å²) in [7, 11) is 1.59. The number of hydrogen-bond donors (Lipinski definition) is 0. The van der Waals surface area contributed by atoms with Crippen molar-refractivity contribution in [3.63, 3.8) is 0 Å². The van der Waals surface area contributed by atoms with Gasteiger partial charge in [-0.05, 0) is 54.8 Å². The third-order valence-corrected chi connectivity index (χ3v) is 5.83. The van der Waals surface area contributed by atoms with Crippen LogP contribution in [0.3, 0.4) is 0 Å². The molecular weight excluding hydrogens is 422 g/mol. The molecule has 1 aliphatic heterocycles. The maximum atomic E-state index is 13.4. The number of carbonyl (C=O) groups is 1. The SMILES string of the molecule is COCCN1C(=O)c2oc3cc(C)c(C)cc3c(=O)c2C1c1ccc(Br)cc1. The molecule has 0 bridgehead atoms. The maximum Gasteiger partial charge on any atom is 0.290 e. The van der Waals surface area contributed by atoms with Crippen LogP contribution in [0.2, 0.25) is 0 Å². The Morgan fingerprint density at radius 2 is 1.79 bits per heavy atom. The highest BCUT2D eigenvalue weighted by molar-refractivity contribution is 9.10. The molecule has 0 spiro atoms. The van der Waals surface area contributed by atoms with Crippen molar-refractivity contribution in [2.24, 2.45) is 0 Å². The van der Waals surface area contributed by atoms with Crippen LogP contribution < -0.4 is 5.43 Å². The fraction of sp³-hybridized carbons (Fsp3) is 0.273. The van der Waals surface area contributed by atoms with Crippen LogP contribution in [0.15, 0.2) is 50.1 Å². The number of aryl methyl sites for hydroxylation is 2. The van der Waals surface area contributed by atoms with Crippen molar-refractivity contribution in [2.45, 2.75) is 19.9 Å². The van der Waals surface area contributed by atoms with E-state index in [9.17, 15) is 9.59 Å². The zero-order valence-electron chi connectivity index (χ0n) is 15.9. The third kappa shape index (κ3) is 2.97. The number of halogens is 1. The molecule has 0 aliphatic carbocycles. The van der Waals surface area contributed by atoms with E-state index in [0.29, 0.717) is 29.7 Å². The molecule has 0 N–H and O–H groups in total. The lowest BCUT2D eigenvalue weighted by atomic mass is 9.97. The standard InChI is InChI=1S/C22H20BrNO4/c1-12-10-16-17(11-13(12)2)28-21-18(20(16)25)19(14-4-6-15(23)7-5-14)24(22(21)26)8-9-27-3/h4-7,10-11,19H,8-9H2,1-3H3. The summed E-state index contributed by atoms with van der Waals surface area (Å²) in [5, 5.41) is 0.505. The van der Waals surface area contributed by atoms with E-state index in [2.05, 4.69) is 15.9 Å². The average molecular weight is 442 g/mol. The first-order valence-electron chi connectivity index (χ1n) is 9.05. The van der Waals surface area contributed by atoms with Crippen molar-refractivity contribution in [3.8, 4) is 0 Å². The summed E-state index contributed by atoms with van der Waals surface area (Å²) in [6, 6.07) is 10.8. The lowest BCUT2D eigenvalue weighted by molar-refractivity contribution is 0.0663. The molecule has 6 heteroatoms. The van der Waals surface area contributed by atoms with Crippen LogP contribution in [-0.2, 0) is 4.74 Å². The largest absolute Gasteiger partial charge is 0.450 e. The number of carbonyl (C=O) groups excluding carboxylic acids is 1. The molecule has 3 aromatic rings. The maximum absolute atomic E-state index is 13.4. The summed E-state index contributed by atoms with van der Waals surface area (Å²) in [6.07, 6.45) is 0. The molecule has 4 rings (SSSR count). The van der Waals surface area contributed by atoms with E-state index >= 15 is 0 Å². The minimum Gasteiger partial charge on any atom is -0.450 e. The summed E-state index contributed by atoms with van der Waals surface area (Å²) in [5.74, 6) is -0.151. The van der Waals surface area contributed by atoms with E-state index in [4.69, 9.17) is 9.15 Å². The van der Waals surface area contributed by atoms with Gasteiger partial charge < -0.3 is 14.1 Å². The Bertz CT molecular complexity index is 1130. The summed E-state index contributed by atoms with van der Waals surface area (Å²) in [5.41, 5.74) is 3.59. The normalized spacial score (nSPS) is 16.1. The van der Waals surface area contributed by atoms with Crippen molar-refractivity contribution >= 4 is 32.8 Å². The van der Waals surface area contributed by atoms with Gasteiger partial charge in [0, 0.05) is 18.1 Å². The monoisotopic (exact) mass is 441 g/mol. The Kier molecular flexibility index (Phi) is 4.85. The number of rotatable bonds is 4. The fourth-order valence-corrected chi connectivity index (χ4v) is 3.95. The molecule has 0 saturated carbocycles. The average Bonchev–Trinajstić information content (AvgIpc) is 2.95. The molecule has 0 radical (unpaired) electrons. The van der Waals surface area contributed by atoms with Gasteiger partial charge in [0.25, 0.3) is 5.91 Å². The van der Waals surface area contributed by atoms with Gasteiger partial charge >= 0.3 is 0 Å². The van der Waals surface area contributed by atoms with Crippen LogP contribution in [0.1, 0.15) is 38.9 Å². The van der Waals surface area contributed by atoms with Crippen molar-refractivity contribution in [1.82, 2.24) is 4.90 Å². The summed E-state index contributed by atoms with van der Waals surface area (Å²) < 4.78 is 12.1. The van der Waals surface area contributed by atoms with Gasteiger partial charge in [0.2, 0.25) is 5.76 Å². The molecule has 2 heterocycles. The molecule has 1 atom stereocenters. The van der Waals surface area contributed by atoms with E-state index in [1.165, 1.54) is 0 Å². The number of fused-ring (bicyclic) bond motifs is 2. The van der Waals surface area contributed by atoms with Gasteiger partial charge in [-0.3, -0.25) is 9.59 Å². The van der Waals surface area contributed by atoms with Gasteiger partial charge in [-0.1, -0.05) is 28.1 Å². The molecule has 0 fully saturated rings. The van der Waals surface area contributed by atoms with Crippen molar-refractivity contribution in [3.05, 3.63) is 79.1 Å². The van der Waals surface area contributed by atoms with E-state index in [1.807, 2.05) is 50.2 Å². The van der Waals surface area contributed by atoms with Crippen molar-refractivity contribution in [1.29, 1.82) is 0 Å². The van der Waals surface area contributed by atoms with Gasteiger partial charge in [0.1, 0.15) is 5.58 Å². The van der Waals surface area contributed by atoms with Crippen LogP contribution in [0.25, 0.3) is 11.0 Å². The molecule has 1 amide bonds. The fourth-order valence-electron chi connectivity index (χ4n) is 3.69. The van der Waals surface area contributed by atoms with Crippen LogP contribution in [-0.4, -0.2) is 31.1 Å². The van der Waals surface area contributed by atoms with Crippen LogP contribution >= 0.6 is 15.9 Å². The van der Waals surface area contributed by atoms with Gasteiger partial charge in [-0.2, -0.15) is 0 Å². The van der Waals surface area contributed by atoms with E-state index in [-0.39, 0.29) is 17.1 Å². The Morgan fingerprint density at radius 1 is 1.11 bits per heavy atom. The predicted octanol–water partition coefficient (Wildman–Crippen LogP) is 4.36. The number of ether oxygens (including phenoxy) is 1. The molecule has 144 valence electrons. The first-order chi connectivity index (χ1) is 13.4. The highest BCUT2D eigenvalue weighted by Crippen LogP contribution is 2.38. The minimum atomic E-state index is -0.493. The first-order valence-corrected chi connectivity index (χ1v) is 9.85. The Labute approximate surface area is 171 Å². The Morgan fingerprint density at radius 3 is 2.46 bits per heavy atom. The zero-order valence-corrected chi connectivity index (χ0v) is 17.5. The van der Waals surface area contributed by atoms with Crippen LogP contribution in [0.4, 0.5) is 0 Å². The molecule has 0 saturated heterocycles. The third-order valence-electron chi connectivity index (χ3n) is 5.30. The second-order valence-electron chi connectivity index (χ2n) is 7.05. The summed E-state index contributed by atoms with van der Waals surface area (Å²) in [6.45, 7) is 4.66. The Hall–Kier alpha value is -2.44. The topological polar surface area (TPSA) is 59.8 Å². The van der Waals surface area contributed by atoms with E-state index in [1.54, 1.807) is 12.0 Å². The van der Waals surface area contributed by atoms with Crippen LogP contribution in [0.5, 0.6) is 0 Å². The highest BCUT2D eigenvalue weighted by atomic mass is 79.9. The van der Waals surface area contributed by atoms with Gasteiger partial charge in [0.15, 0.2) is 5.43 Å². The highest BCUT2D eigenvalue weighted by Gasteiger charge is 2.42. The number of hydrogen-bond acceptors (Lipinski definition) is 4. The smallest absolute Gasteiger partial charge is 0.290 e. The lowest BCUT2D eigenvalue weighted by Crippen LogP contribution is -2.32. The van der Waals surface area contributed by atoms with Crippen molar-refractivity contribution < 1.29 is 13.9 Å². The summed E-state index contributed by atoms with van der Waals surface area (Å²) >= 11 is 3.44. The number of nitrogens with zero attached hydrogens (tertiary/aromatic N) is 1. The molecule has 1 aliphatic rings. The van der Waals surface area contributed by atoms with E-state index in [0.717, 1.165) is 21.2 Å². The van der Waals surface area contributed by atoms with Gasteiger partial charge in [-0.15, -0.1) is 0 Å². The van der Waals surface area contributed by atoms with Gasteiger partial charge in [0.05, 0.1) is 23.6 Å². The van der Waals surface area contributed by atoms with Crippen LogP contribution in [0, 0.1) is 13.8 Å². The molecule has 1 unspecified atom stereocenters. The lowest BCUT2D eigenvalue weighted by Gasteiger charge is -2.24. The predicted molar refractivity (Wildman–Crippen MR) is 111 cm³/mol. The second-order valence-corrected chi connectivity index (χ2v) is 7.97. The number of amides is 1. The van der Waals surface area contributed by atoms with E-state index < -0.39 is 6.04 Å².